The molecule has 0 saturated carbocycles. The third kappa shape index (κ3) is 6.73. The van der Waals surface area contributed by atoms with Crippen molar-refractivity contribution >= 4 is 35.2 Å². The van der Waals surface area contributed by atoms with Crippen molar-refractivity contribution in [2.24, 2.45) is 0 Å². The van der Waals surface area contributed by atoms with Crippen molar-refractivity contribution in [2.45, 2.75) is 19.6 Å². The first-order valence-electron chi connectivity index (χ1n) is 13.9. The molecule has 4 aromatic carbocycles. The van der Waals surface area contributed by atoms with Crippen molar-refractivity contribution in [1.29, 1.82) is 0 Å². The number of pyridine rings is 2. The van der Waals surface area contributed by atoms with E-state index >= 15 is 0 Å². The molecule has 0 aliphatic carbocycles. The minimum atomic E-state index is -1.23. The normalized spacial score (nSPS) is 11.1. The summed E-state index contributed by atoms with van der Waals surface area (Å²) in [6, 6.07) is 41.0. The Morgan fingerprint density at radius 2 is 1.49 bits per heavy atom. The van der Waals surface area contributed by atoms with Gasteiger partial charge in [0.25, 0.3) is 0 Å². The second kappa shape index (κ2) is 13.0. The smallest absolute Gasteiger partial charge is 0.131 e. The van der Waals surface area contributed by atoms with Crippen molar-refractivity contribution in [3.63, 3.8) is 0 Å². The van der Waals surface area contributed by atoms with Gasteiger partial charge in [0.05, 0.1) is 13.7 Å². The Hall–Kier alpha value is -4.22. The molecule has 3 heterocycles. The number of rotatable bonds is 4. The fourth-order valence-electron chi connectivity index (χ4n) is 4.79. The van der Waals surface area contributed by atoms with Crippen molar-refractivity contribution in [3.8, 4) is 33.6 Å². The van der Waals surface area contributed by atoms with Gasteiger partial charge in [0.1, 0.15) is 11.4 Å². The number of hydrogen-bond donors (Lipinski definition) is 0. The predicted molar refractivity (Wildman–Crippen MR) is 173 cm³/mol. The maximum absolute atomic E-state index is 14.1. The Morgan fingerprint density at radius 1 is 0.721 bits per heavy atom. The van der Waals surface area contributed by atoms with Gasteiger partial charge in [0.15, 0.2) is 0 Å². The van der Waals surface area contributed by atoms with Gasteiger partial charge < -0.3 is 14.4 Å². The van der Waals surface area contributed by atoms with Crippen LogP contribution >= 0.6 is 0 Å². The molecule has 0 amide bonds. The molecule has 0 atom stereocenters. The van der Waals surface area contributed by atoms with Gasteiger partial charge in [0.2, 0.25) is 0 Å². The molecule has 3 nitrogen and oxygen atoms in total. The van der Waals surface area contributed by atoms with Crippen LogP contribution < -0.4 is 5.19 Å². The molecule has 0 saturated heterocycles. The Labute approximate surface area is 265 Å². The molecule has 0 spiro atoms. The third-order valence-electron chi connectivity index (χ3n) is 7.13. The maximum Gasteiger partial charge on any atom is 0.131 e. The first-order chi connectivity index (χ1) is 20.4. The van der Waals surface area contributed by atoms with E-state index in [9.17, 15) is 4.39 Å². The number of halogens is 1. The van der Waals surface area contributed by atoms with E-state index in [-0.39, 0.29) is 25.9 Å². The van der Waals surface area contributed by atoms with Crippen molar-refractivity contribution in [2.75, 3.05) is 0 Å². The molecule has 7 aromatic rings. The largest absolute Gasteiger partial charge is 0.477 e. The topological polar surface area (TPSA) is 38.9 Å². The zero-order valence-electron chi connectivity index (χ0n) is 24.1. The Kier molecular flexibility index (Phi) is 9.12. The predicted octanol–water partition coefficient (Wildman–Crippen LogP) is 9.35. The van der Waals surface area contributed by atoms with Gasteiger partial charge in [-0.3, -0.25) is 0 Å². The summed E-state index contributed by atoms with van der Waals surface area (Å²) in [5, 5.41) is 3.37. The SMILES string of the molecule is C[Si](C)(C)c1ccc(-c2[c-]cccc2)nc1.Fc1ccccc1-c1ccc2c(c1)oc1[c-]c(-c3ccccn3)ccc12.[Ir]. The molecule has 0 N–H and O–H groups in total. The molecule has 3 aromatic heterocycles. The van der Waals surface area contributed by atoms with Crippen LogP contribution in [-0.2, 0) is 20.1 Å². The second-order valence-corrected chi connectivity index (χ2v) is 16.2. The number of nitrogens with zero attached hydrogens (tertiary/aromatic N) is 2. The van der Waals surface area contributed by atoms with Gasteiger partial charge >= 0.3 is 0 Å². The molecule has 6 heteroatoms. The first kappa shape index (κ1) is 30.2. The van der Waals surface area contributed by atoms with Crippen LogP contribution in [-0.4, -0.2) is 18.0 Å². The minimum Gasteiger partial charge on any atom is -0.477 e. The average Bonchev–Trinajstić information content (AvgIpc) is 3.39. The van der Waals surface area contributed by atoms with E-state index in [2.05, 4.69) is 53.9 Å². The van der Waals surface area contributed by atoms with Crippen molar-refractivity contribution < 1.29 is 28.9 Å². The monoisotopic (exact) mass is 757 g/mol. The van der Waals surface area contributed by atoms with E-state index in [4.69, 9.17) is 4.42 Å². The summed E-state index contributed by atoms with van der Waals surface area (Å²) in [6.07, 6.45) is 3.77. The number of fused-ring (bicyclic) bond motifs is 3. The fourth-order valence-corrected chi connectivity index (χ4v) is 5.82. The van der Waals surface area contributed by atoms with Gasteiger partial charge in [-0.05, 0) is 45.7 Å². The molecule has 0 fully saturated rings. The number of hydrogen-bond acceptors (Lipinski definition) is 3. The molecule has 0 aliphatic heterocycles. The number of furan rings is 1. The van der Waals surface area contributed by atoms with Crippen LogP contribution in [0, 0.1) is 17.9 Å². The summed E-state index contributed by atoms with van der Waals surface area (Å²) in [5.41, 5.74) is 6.54. The summed E-state index contributed by atoms with van der Waals surface area (Å²) in [5.74, 6) is -0.244. The van der Waals surface area contributed by atoms with Crippen LogP contribution in [0.1, 0.15) is 0 Å². The molecule has 0 unspecified atom stereocenters. The van der Waals surface area contributed by atoms with Gasteiger partial charge in [-0.15, -0.1) is 53.6 Å². The Bertz CT molecular complexity index is 1970. The third-order valence-corrected chi connectivity index (χ3v) is 9.16. The molecule has 1 radical (unpaired) electrons. The maximum atomic E-state index is 14.1. The van der Waals surface area contributed by atoms with Gasteiger partial charge in [0, 0.05) is 38.1 Å². The summed E-state index contributed by atoms with van der Waals surface area (Å²) in [4.78, 5) is 8.88. The zero-order chi connectivity index (χ0) is 29.1. The minimum absolute atomic E-state index is 0. The molecule has 7 rings (SSSR count). The van der Waals surface area contributed by atoms with Gasteiger partial charge in [-0.25, -0.2) is 4.39 Å². The molecular formula is C37H29FIrN2OSi-2. The van der Waals surface area contributed by atoms with Crippen LogP contribution in [0.15, 0.2) is 126 Å². The van der Waals surface area contributed by atoms with Crippen LogP contribution in [0.3, 0.4) is 0 Å². The fraction of sp³-hybridized carbons (Fsp3) is 0.0811. The van der Waals surface area contributed by atoms with E-state index in [1.54, 1.807) is 18.3 Å². The molecular weight excluding hydrogens is 728 g/mol. The Balaban J connectivity index is 0.000000188. The first-order valence-corrected chi connectivity index (χ1v) is 17.4. The number of benzene rings is 4. The Morgan fingerprint density at radius 3 is 2.19 bits per heavy atom. The zero-order valence-corrected chi connectivity index (χ0v) is 27.5. The standard InChI is InChI=1S/C23H13FNO.C14H16NSi.Ir/c24-20-6-2-1-5-17(20)15-8-10-18-19-11-9-16(21-7-3-4-12-25-21)14-23(19)26-22(18)13-15;1-16(2,3)13-9-10-14(15-11-13)12-7-5-4-6-8-12;/h1-13H;4-7,9-11H,1-3H3;/q2*-1;. The second-order valence-electron chi connectivity index (χ2n) is 11.1. The molecule has 0 aliphatic rings. The van der Waals surface area contributed by atoms with Gasteiger partial charge in [-0.1, -0.05) is 85.7 Å². The average molecular weight is 757 g/mol. The molecule has 0 bridgehead atoms. The number of aromatic nitrogens is 2. The summed E-state index contributed by atoms with van der Waals surface area (Å²) >= 11 is 0. The quantitative estimate of drug-likeness (QED) is 0.133. The van der Waals surface area contributed by atoms with Crippen LogP contribution in [0.5, 0.6) is 0 Å². The van der Waals surface area contributed by atoms with Crippen molar-refractivity contribution in [1.82, 2.24) is 9.97 Å². The van der Waals surface area contributed by atoms with Crippen LogP contribution in [0.4, 0.5) is 4.39 Å². The molecule has 43 heavy (non-hydrogen) atoms. The van der Waals surface area contributed by atoms with E-state index < -0.39 is 8.07 Å². The molecule has 215 valence electrons. The van der Waals surface area contributed by atoms with Crippen LogP contribution in [0.25, 0.3) is 55.6 Å². The van der Waals surface area contributed by atoms with E-state index in [0.717, 1.165) is 44.4 Å². The van der Waals surface area contributed by atoms with E-state index in [1.165, 1.54) is 11.3 Å². The van der Waals surface area contributed by atoms with E-state index in [0.29, 0.717) is 11.1 Å². The van der Waals surface area contributed by atoms with Gasteiger partial charge in [-0.2, -0.15) is 0 Å². The van der Waals surface area contributed by atoms with E-state index in [1.807, 2.05) is 85.1 Å². The summed E-state index contributed by atoms with van der Waals surface area (Å²) in [7, 11) is -1.23. The van der Waals surface area contributed by atoms with Crippen LogP contribution in [0.2, 0.25) is 19.6 Å². The van der Waals surface area contributed by atoms with Crippen molar-refractivity contribution in [3.05, 3.63) is 140 Å². The summed E-state index contributed by atoms with van der Waals surface area (Å²) < 4.78 is 20.1. The summed E-state index contributed by atoms with van der Waals surface area (Å²) in [6.45, 7) is 7.00.